The number of nitrogens with two attached hydrogens (primary N) is 3. The van der Waals surface area contributed by atoms with Crippen LogP contribution in [0.25, 0.3) is 22.6 Å². The van der Waals surface area contributed by atoms with Gasteiger partial charge in [0, 0.05) is 28.8 Å². The third-order valence-electron chi connectivity index (χ3n) is 6.90. The minimum absolute atomic E-state index is 0.0205. The van der Waals surface area contributed by atoms with E-state index < -0.39 is 17.9 Å². The standard InChI is InChI=1S/C28H29N13O5/c29-14-6-7-16(17(10-14)24-38-40-41-39-24)20(42)4-2-1-3-19(27(45)46)35-26(44)13-5-8-18(21(43)9-13)32-11-15-12-33-25-22(34-15)23(30)36-28(31)37-25/h5-10,12,19,32,43H,1-4,11,29H2,(H,35,44)(H,45,46)(H,38,39,40,41)(H4,30,31,33,36,37)/t19-/m0/s1. The van der Waals surface area contributed by atoms with Crippen LogP contribution in [0, 0.1) is 0 Å². The van der Waals surface area contributed by atoms with Crippen molar-refractivity contribution in [2.45, 2.75) is 38.3 Å². The SMILES string of the molecule is Nc1ccc(C(=O)CCCC[C@H](NC(=O)c2ccc(NCc3cnc4nc(N)nc(N)c4n3)c(O)c2)C(=O)O)c(-c2nn[nH]n2)c1. The van der Waals surface area contributed by atoms with Crippen LogP contribution in [0.4, 0.5) is 23.1 Å². The van der Waals surface area contributed by atoms with E-state index in [4.69, 9.17) is 17.2 Å². The van der Waals surface area contributed by atoms with Crippen LogP contribution in [0.2, 0.25) is 0 Å². The third kappa shape index (κ3) is 7.18. The number of carbonyl (C=O) groups excluding carboxylic acids is 2. The number of rotatable bonds is 13. The Morgan fingerprint density at radius 1 is 1.00 bits per heavy atom. The van der Waals surface area contributed by atoms with Gasteiger partial charge in [-0.2, -0.15) is 15.2 Å². The monoisotopic (exact) mass is 627 g/mol. The van der Waals surface area contributed by atoms with Crippen molar-refractivity contribution in [1.29, 1.82) is 0 Å². The van der Waals surface area contributed by atoms with Gasteiger partial charge in [-0.1, -0.05) is 6.42 Å². The lowest BCUT2D eigenvalue weighted by molar-refractivity contribution is -0.139. The van der Waals surface area contributed by atoms with Crippen molar-refractivity contribution in [3.05, 3.63) is 59.4 Å². The Bertz CT molecular complexity index is 1920. The number of carboxylic acids is 1. The molecule has 18 nitrogen and oxygen atoms in total. The quantitative estimate of drug-likeness (QED) is 0.0394. The first-order valence-electron chi connectivity index (χ1n) is 13.9. The number of carboxylic acid groups (broad SMARTS) is 1. The molecule has 46 heavy (non-hydrogen) atoms. The average Bonchev–Trinajstić information content (AvgIpc) is 3.57. The number of phenolic OH excluding ortho intramolecular Hbond substituents is 1. The fourth-order valence-corrected chi connectivity index (χ4v) is 4.61. The largest absolute Gasteiger partial charge is 0.506 e. The number of aromatic amines is 1. The number of anilines is 4. The summed E-state index contributed by atoms with van der Waals surface area (Å²) in [4.78, 5) is 54.0. The van der Waals surface area contributed by atoms with Crippen LogP contribution in [0.5, 0.6) is 5.75 Å². The number of aliphatic carboxylic acids is 1. The topological polar surface area (TPSA) is 300 Å². The fourth-order valence-electron chi connectivity index (χ4n) is 4.61. The molecule has 0 aliphatic heterocycles. The van der Waals surface area contributed by atoms with Gasteiger partial charge in [-0.3, -0.25) is 9.59 Å². The molecule has 18 heteroatoms. The first-order valence-corrected chi connectivity index (χ1v) is 13.9. The summed E-state index contributed by atoms with van der Waals surface area (Å²) in [6, 6.07) is 7.66. The van der Waals surface area contributed by atoms with Gasteiger partial charge in [0.2, 0.25) is 11.8 Å². The number of hydrogen-bond donors (Lipinski definition) is 8. The van der Waals surface area contributed by atoms with Crippen LogP contribution in [0.15, 0.2) is 42.6 Å². The molecule has 236 valence electrons. The molecule has 0 spiro atoms. The molecule has 0 unspecified atom stereocenters. The second-order valence-corrected chi connectivity index (χ2v) is 10.2. The molecule has 3 aromatic heterocycles. The van der Waals surface area contributed by atoms with E-state index in [1.165, 1.54) is 24.4 Å². The Labute approximate surface area is 259 Å². The summed E-state index contributed by atoms with van der Waals surface area (Å²) < 4.78 is 0. The number of nitrogens with one attached hydrogen (secondary N) is 3. The predicted molar refractivity (Wildman–Crippen MR) is 165 cm³/mol. The van der Waals surface area contributed by atoms with Crippen molar-refractivity contribution in [3.8, 4) is 17.1 Å². The van der Waals surface area contributed by atoms with Gasteiger partial charge in [-0.15, -0.1) is 10.2 Å². The van der Waals surface area contributed by atoms with Gasteiger partial charge in [-0.25, -0.2) is 14.8 Å². The molecule has 0 aliphatic rings. The van der Waals surface area contributed by atoms with Crippen LogP contribution < -0.4 is 27.8 Å². The number of nitrogens with zero attached hydrogens (tertiary/aromatic N) is 7. The van der Waals surface area contributed by atoms with Gasteiger partial charge < -0.3 is 38.0 Å². The van der Waals surface area contributed by atoms with Crippen LogP contribution in [0.1, 0.15) is 52.1 Å². The molecular formula is C28H29N13O5. The molecule has 0 saturated heterocycles. The molecule has 2 aromatic carbocycles. The smallest absolute Gasteiger partial charge is 0.326 e. The maximum Gasteiger partial charge on any atom is 0.326 e. The number of unbranched alkanes of at least 4 members (excludes halogenated alkanes) is 1. The van der Waals surface area contributed by atoms with Gasteiger partial charge in [0.05, 0.1) is 24.1 Å². The van der Waals surface area contributed by atoms with E-state index in [1.54, 1.807) is 18.2 Å². The normalized spacial score (nSPS) is 11.7. The van der Waals surface area contributed by atoms with Crippen molar-refractivity contribution < 1.29 is 24.6 Å². The summed E-state index contributed by atoms with van der Waals surface area (Å²) in [6.45, 7) is 0.145. The lowest BCUT2D eigenvalue weighted by Crippen LogP contribution is -2.40. The Kier molecular flexibility index (Phi) is 9.06. The zero-order valence-electron chi connectivity index (χ0n) is 24.1. The first-order chi connectivity index (χ1) is 22.1. The van der Waals surface area contributed by atoms with Crippen LogP contribution in [-0.2, 0) is 11.3 Å². The number of benzene rings is 2. The Hall–Kier alpha value is -6.46. The molecule has 3 heterocycles. The fraction of sp³-hybridized carbons (Fsp3) is 0.214. The Morgan fingerprint density at radius 3 is 2.57 bits per heavy atom. The summed E-state index contributed by atoms with van der Waals surface area (Å²) >= 11 is 0. The van der Waals surface area contributed by atoms with Crippen molar-refractivity contribution >= 4 is 52.0 Å². The third-order valence-corrected chi connectivity index (χ3v) is 6.90. The van der Waals surface area contributed by atoms with Gasteiger partial charge in [0.1, 0.15) is 11.8 Å². The molecule has 0 bridgehead atoms. The maximum atomic E-state index is 12.9. The molecule has 1 amide bonds. The summed E-state index contributed by atoms with van der Waals surface area (Å²) in [7, 11) is 0. The van der Waals surface area contributed by atoms with Crippen molar-refractivity contribution in [2.75, 3.05) is 22.5 Å². The van der Waals surface area contributed by atoms with Crippen molar-refractivity contribution in [3.63, 3.8) is 0 Å². The average molecular weight is 628 g/mol. The number of amides is 1. The van der Waals surface area contributed by atoms with E-state index in [-0.39, 0.29) is 65.2 Å². The van der Waals surface area contributed by atoms with E-state index >= 15 is 0 Å². The summed E-state index contributed by atoms with van der Waals surface area (Å²) in [6.07, 6.45) is 2.37. The summed E-state index contributed by atoms with van der Waals surface area (Å²) in [5, 5.41) is 39.4. The minimum Gasteiger partial charge on any atom is -0.506 e. The number of aromatic nitrogens is 8. The zero-order valence-corrected chi connectivity index (χ0v) is 24.1. The highest BCUT2D eigenvalue weighted by Gasteiger charge is 2.22. The second-order valence-electron chi connectivity index (χ2n) is 10.2. The molecule has 11 N–H and O–H groups in total. The number of ketones is 1. The molecule has 0 radical (unpaired) electrons. The number of phenols is 1. The van der Waals surface area contributed by atoms with Gasteiger partial charge in [0.15, 0.2) is 22.8 Å². The first kappa shape index (κ1) is 31.0. The number of tetrazole rings is 1. The molecule has 1 atom stereocenters. The number of H-pyrrole nitrogens is 1. The van der Waals surface area contributed by atoms with Crippen LogP contribution in [0.3, 0.4) is 0 Å². The number of fused-ring (bicyclic) bond motifs is 1. The van der Waals surface area contributed by atoms with E-state index in [2.05, 4.69) is 51.2 Å². The molecular weight excluding hydrogens is 598 g/mol. The molecule has 0 fully saturated rings. The maximum absolute atomic E-state index is 12.9. The number of Topliss-reactive ketones (excluding diaryl/α,β-unsaturated/α-hetero) is 1. The number of hydrogen-bond acceptors (Lipinski definition) is 15. The minimum atomic E-state index is -1.23. The van der Waals surface area contributed by atoms with E-state index in [9.17, 15) is 24.6 Å². The highest BCUT2D eigenvalue weighted by molar-refractivity contribution is 6.02. The van der Waals surface area contributed by atoms with Crippen LogP contribution >= 0.6 is 0 Å². The number of aromatic hydroxyl groups is 1. The van der Waals surface area contributed by atoms with Crippen LogP contribution in [-0.4, -0.2) is 74.5 Å². The number of carbonyl (C=O) groups is 3. The summed E-state index contributed by atoms with van der Waals surface area (Å²) in [5.74, 6) is -2.07. The molecule has 5 rings (SSSR count). The Balaban J connectivity index is 1.14. The van der Waals surface area contributed by atoms with E-state index in [0.29, 0.717) is 41.0 Å². The van der Waals surface area contributed by atoms with Crippen molar-refractivity contribution in [2.24, 2.45) is 0 Å². The molecule has 0 aliphatic carbocycles. The lowest BCUT2D eigenvalue weighted by atomic mass is 9.97. The highest BCUT2D eigenvalue weighted by Crippen LogP contribution is 2.26. The van der Waals surface area contributed by atoms with E-state index in [1.807, 2.05) is 0 Å². The van der Waals surface area contributed by atoms with Gasteiger partial charge in [-0.05, 0) is 54.5 Å². The Morgan fingerprint density at radius 2 is 1.83 bits per heavy atom. The number of nitrogen functional groups attached to an aromatic ring is 3. The predicted octanol–water partition coefficient (Wildman–Crippen LogP) is 1.29. The zero-order chi connectivity index (χ0) is 32.8. The van der Waals surface area contributed by atoms with Gasteiger partial charge in [0.25, 0.3) is 5.91 Å². The highest BCUT2D eigenvalue weighted by atomic mass is 16.4. The van der Waals surface area contributed by atoms with E-state index in [0.717, 1.165) is 0 Å². The lowest BCUT2D eigenvalue weighted by Gasteiger charge is -2.15. The second kappa shape index (κ2) is 13.5. The molecule has 5 aromatic rings. The summed E-state index contributed by atoms with van der Waals surface area (Å²) in [5.41, 5.74) is 19.9. The van der Waals surface area contributed by atoms with Crippen molar-refractivity contribution in [1.82, 2.24) is 45.9 Å². The molecule has 0 saturated carbocycles. The van der Waals surface area contributed by atoms with Gasteiger partial charge >= 0.3 is 5.97 Å².